The Balaban J connectivity index is 1.61. The van der Waals surface area contributed by atoms with Crippen LogP contribution in [0.25, 0.3) is 0 Å². The standard InChI is InChI=1S/C18H16Cl2N2/c19-16-3-1-2-15(12-16)5-4-14-7-10-22(11-8-14)17-6-9-21-18(20)13-17/h1-3,6,9,12-14H,7-8,10-11H2. The van der Waals surface area contributed by atoms with Gasteiger partial charge in [-0.2, -0.15) is 0 Å². The van der Waals surface area contributed by atoms with Crippen molar-refractivity contribution in [3.8, 4) is 11.8 Å². The van der Waals surface area contributed by atoms with Crippen LogP contribution >= 0.6 is 23.2 Å². The number of anilines is 1. The van der Waals surface area contributed by atoms with Crippen LogP contribution in [0.4, 0.5) is 5.69 Å². The van der Waals surface area contributed by atoms with Crippen LogP contribution in [-0.2, 0) is 0 Å². The summed E-state index contributed by atoms with van der Waals surface area (Å²) in [4.78, 5) is 6.36. The van der Waals surface area contributed by atoms with Crippen molar-refractivity contribution in [1.29, 1.82) is 0 Å². The second-order valence-corrected chi connectivity index (χ2v) is 6.20. The Bertz CT molecular complexity index is 710. The molecule has 1 aromatic heterocycles. The molecule has 3 rings (SSSR count). The highest BCUT2D eigenvalue weighted by molar-refractivity contribution is 6.30. The van der Waals surface area contributed by atoms with E-state index in [0.717, 1.165) is 42.2 Å². The number of nitrogens with zero attached hydrogens (tertiary/aromatic N) is 2. The molecule has 0 amide bonds. The van der Waals surface area contributed by atoms with E-state index in [-0.39, 0.29) is 0 Å². The van der Waals surface area contributed by atoms with E-state index in [1.807, 2.05) is 36.4 Å². The molecule has 1 aliphatic heterocycles. The van der Waals surface area contributed by atoms with Gasteiger partial charge in [0, 0.05) is 41.5 Å². The molecule has 1 aromatic carbocycles. The molecule has 4 heteroatoms. The first-order valence-corrected chi connectivity index (χ1v) is 8.10. The summed E-state index contributed by atoms with van der Waals surface area (Å²) in [6.07, 6.45) is 3.88. The van der Waals surface area contributed by atoms with E-state index in [4.69, 9.17) is 23.2 Å². The first-order chi connectivity index (χ1) is 10.7. The smallest absolute Gasteiger partial charge is 0.131 e. The molecule has 2 nitrogen and oxygen atoms in total. The van der Waals surface area contributed by atoms with Crippen molar-refractivity contribution in [3.63, 3.8) is 0 Å². The number of hydrogen-bond donors (Lipinski definition) is 0. The number of rotatable bonds is 1. The maximum Gasteiger partial charge on any atom is 0.131 e. The van der Waals surface area contributed by atoms with Gasteiger partial charge >= 0.3 is 0 Å². The summed E-state index contributed by atoms with van der Waals surface area (Å²) in [5.41, 5.74) is 2.12. The summed E-state index contributed by atoms with van der Waals surface area (Å²) in [6.45, 7) is 1.99. The number of piperidine rings is 1. The SMILES string of the molecule is Clc1cccc(C#CC2CCN(c3ccnc(Cl)c3)CC2)c1. The molecule has 0 bridgehead atoms. The molecule has 22 heavy (non-hydrogen) atoms. The fraction of sp³-hybridized carbons (Fsp3) is 0.278. The van der Waals surface area contributed by atoms with E-state index < -0.39 is 0 Å². The van der Waals surface area contributed by atoms with Crippen LogP contribution in [-0.4, -0.2) is 18.1 Å². The van der Waals surface area contributed by atoms with Crippen LogP contribution in [0.15, 0.2) is 42.6 Å². The Morgan fingerprint density at radius 1 is 1.09 bits per heavy atom. The monoisotopic (exact) mass is 330 g/mol. The lowest BCUT2D eigenvalue weighted by atomic mass is 9.96. The van der Waals surface area contributed by atoms with Gasteiger partial charge in [-0.15, -0.1) is 0 Å². The zero-order chi connectivity index (χ0) is 15.4. The van der Waals surface area contributed by atoms with Crippen LogP contribution in [0.2, 0.25) is 10.2 Å². The third-order valence-electron chi connectivity index (χ3n) is 3.82. The van der Waals surface area contributed by atoms with E-state index in [1.165, 1.54) is 0 Å². The van der Waals surface area contributed by atoms with E-state index >= 15 is 0 Å². The Labute approximate surface area is 141 Å². The van der Waals surface area contributed by atoms with Crippen molar-refractivity contribution in [2.45, 2.75) is 12.8 Å². The van der Waals surface area contributed by atoms with Gasteiger partial charge in [-0.25, -0.2) is 4.98 Å². The van der Waals surface area contributed by atoms with Crippen LogP contribution in [0.1, 0.15) is 18.4 Å². The van der Waals surface area contributed by atoms with Crippen LogP contribution in [0, 0.1) is 17.8 Å². The summed E-state index contributed by atoms with van der Waals surface area (Å²) in [6, 6.07) is 11.6. The van der Waals surface area contributed by atoms with Gasteiger partial charge in [0.15, 0.2) is 0 Å². The van der Waals surface area contributed by atoms with Crippen molar-refractivity contribution in [1.82, 2.24) is 4.98 Å². The summed E-state index contributed by atoms with van der Waals surface area (Å²) in [7, 11) is 0. The fourth-order valence-electron chi connectivity index (χ4n) is 2.62. The van der Waals surface area contributed by atoms with Crippen molar-refractivity contribution >= 4 is 28.9 Å². The molecule has 0 atom stereocenters. The Morgan fingerprint density at radius 3 is 2.64 bits per heavy atom. The number of hydrogen-bond acceptors (Lipinski definition) is 2. The van der Waals surface area contributed by atoms with Crippen molar-refractivity contribution < 1.29 is 0 Å². The molecule has 1 aliphatic rings. The summed E-state index contributed by atoms with van der Waals surface area (Å²) in [5.74, 6) is 7.05. The second kappa shape index (κ2) is 7.05. The van der Waals surface area contributed by atoms with Gasteiger partial charge in [0.2, 0.25) is 0 Å². The van der Waals surface area contributed by atoms with Gasteiger partial charge in [-0.05, 0) is 43.2 Å². The predicted molar refractivity (Wildman–Crippen MR) is 92.5 cm³/mol. The Morgan fingerprint density at radius 2 is 1.91 bits per heavy atom. The van der Waals surface area contributed by atoms with E-state index in [0.29, 0.717) is 11.1 Å². The highest BCUT2D eigenvalue weighted by Crippen LogP contribution is 2.24. The van der Waals surface area contributed by atoms with Gasteiger partial charge < -0.3 is 4.90 Å². The molecule has 2 aromatic rings. The highest BCUT2D eigenvalue weighted by Gasteiger charge is 2.18. The number of pyridine rings is 1. The van der Waals surface area contributed by atoms with Gasteiger partial charge in [0.1, 0.15) is 5.15 Å². The molecular formula is C18H16Cl2N2. The minimum absolute atomic E-state index is 0.438. The molecule has 0 spiro atoms. The molecule has 0 N–H and O–H groups in total. The first-order valence-electron chi connectivity index (χ1n) is 7.34. The first kappa shape index (κ1) is 15.2. The minimum atomic E-state index is 0.438. The van der Waals surface area contributed by atoms with Crippen molar-refractivity contribution in [2.75, 3.05) is 18.0 Å². The summed E-state index contributed by atoms with van der Waals surface area (Å²) < 4.78 is 0. The Kier molecular flexibility index (Phi) is 4.87. The van der Waals surface area contributed by atoms with Gasteiger partial charge in [-0.1, -0.05) is 41.1 Å². The van der Waals surface area contributed by atoms with Crippen LogP contribution in [0.5, 0.6) is 0 Å². The Hall–Kier alpha value is -1.69. The molecule has 0 unspecified atom stereocenters. The van der Waals surface area contributed by atoms with Crippen LogP contribution < -0.4 is 4.90 Å². The molecule has 1 fully saturated rings. The summed E-state index contributed by atoms with van der Waals surface area (Å²) in [5, 5.41) is 1.27. The molecular weight excluding hydrogens is 315 g/mol. The van der Waals surface area contributed by atoms with E-state index in [9.17, 15) is 0 Å². The minimum Gasteiger partial charge on any atom is -0.371 e. The topological polar surface area (TPSA) is 16.1 Å². The molecule has 0 aliphatic carbocycles. The van der Waals surface area contributed by atoms with Gasteiger partial charge in [0.25, 0.3) is 0 Å². The predicted octanol–water partition coefficient (Wildman–Crippen LogP) is 4.66. The molecule has 0 radical (unpaired) electrons. The quantitative estimate of drug-likeness (QED) is 0.558. The van der Waals surface area contributed by atoms with E-state index in [2.05, 4.69) is 21.7 Å². The lowest BCUT2D eigenvalue weighted by molar-refractivity contribution is 0.492. The van der Waals surface area contributed by atoms with Gasteiger partial charge in [0.05, 0.1) is 0 Å². The molecule has 0 saturated carbocycles. The lowest BCUT2D eigenvalue weighted by Crippen LogP contribution is -2.33. The fourth-order valence-corrected chi connectivity index (χ4v) is 2.98. The largest absolute Gasteiger partial charge is 0.371 e. The summed E-state index contributed by atoms with van der Waals surface area (Å²) >= 11 is 11.9. The molecule has 2 heterocycles. The number of halogens is 2. The third-order valence-corrected chi connectivity index (χ3v) is 4.26. The third kappa shape index (κ3) is 3.94. The number of aromatic nitrogens is 1. The lowest BCUT2D eigenvalue weighted by Gasteiger charge is -2.31. The average Bonchev–Trinajstić information content (AvgIpc) is 2.54. The van der Waals surface area contributed by atoms with E-state index in [1.54, 1.807) is 6.20 Å². The van der Waals surface area contributed by atoms with Crippen molar-refractivity contribution in [3.05, 3.63) is 58.3 Å². The van der Waals surface area contributed by atoms with Crippen LogP contribution in [0.3, 0.4) is 0 Å². The second-order valence-electron chi connectivity index (χ2n) is 5.38. The van der Waals surface area contributed by atoms with Gasteiger partial charge in [-0.3, -0.25) is 0 Å². The molecule has 112 valence electrons. The maximum atomic E-state index is 5.98. The normalized spacial score (nSPS) is 15.3. The molecule has 1 saturated heterocycles. The van der Waals surface area contributed by atoms with Crippen molar-refractivity contribution in [2.24, 2.45) is 5.92 Å². The zero-order valence-corrected chi connectivity index (χ0v) is 13.6. The average molecular weight is 331 g/mol. The maximum absolute atomic E-state index is 5.98. The number of benzene rings is 1. The zero-order valence-electron chi connectivity index (χ0n) is 12.1. The highest BCUT2D eigenvalue weighted by atomic mass is 35.5.